The molecule has 0 unspecified atom stereocenters. The van der Waals surface area contributed by atoms with E-state index in [0.29, 0.717) is 24.4 Å². The number of aryl methyl sites for hydroxylation is 1. The fourth-order valence-electron chi connectivity index (χ4n) is 3.51. The molecule has 0 spiro atoms. The molecule has 2 aliphatic rings. The largest absolute Gasteiger partial charge is 0.309 e. The molecule has 0 radical (unpaired) electrons. The van der Waals surface area contributed by atoms with Gasteiger partial charge in [-0.15, -0.1) is 0 Å². The summed E-state index contributed by atoms with van der Waals surface area (Å²) < 4.78 is 0. The van der Waals surface area contributed by atoms with Crippen molar-refractivity contribution >= 4 is 11.6 Å². The summed E-state index contributed by atoms with van der Waals surface area (Å²) in [5, 5.41) is 0. The van der Waals surface area contributed by atoms with Crippen molar-refractivity contribution in [2.24, 2.45) is 0 Å². The Bertz CT molecular complexity index is 490. The van der Waals surface area contributed by atoms with Crippen LogP contribution in [0.4, 0.5) is 5.69 Å². The number of likely N-dealkylation sites (tertiary alicyclic amines) is 1. The van der Waals surface area contributed by atoms with Gasteiger partial charge in [-0.2, -0.15) is 0 Å². The highest BCUT2D eigenvalue weighted by Crippen LogP contribution is 2.32. The second kappa shape index (κ2) is 5.57. The smallest absolute Gasteiger partial charge is 0.227 e. The maximum Gasteiger partial charge on any atom is 0.227 e. The summed E-state index contributed by atoms with van der Waals surface area (Å²) in [5.74, 6) is 0.312. The number of anilines is 1. The zero-order valence-corrected chi connectivity index (χ0v) is 12.5. The first-order valence-electron chi connectivity index (χ1n) is 7.81. The Morgan fingerprint density at radius 1 is 1.10 bits per heavy atom. The van der Waals surface area contributed by atoms with Crippen LogP contribution in [0, 0.1) is 0 Å². The fourth-order valence-corrected chi connectivity index (χ4v) is 3.51. The van der Waals surface area contributed by atoms with Crippen LogP contribution in [-0.2, 0) is 11.2 Å². The van der Waals surface area contributed by atoms with Crippen molar-refractivity contribution in [3.05, 3.63) is 29.8 Å². The zero-order chi connectivity index (χ0) is 14.1. The van der Waals surface area contributed by atoms with E-state index in [4.69, 9.17) is 0 Å². The van der Waals surface area contributed by atoms with Gasteiger partial charge < -0.3 is 9.80 Å². The Morgan fingerprint density at radius 3 is 2.50 bits per heavy atom. The molecule has 20 heavy (non-hydrogen) atoms. The SMILES string of the molecule is CC(C)N1CCC(N2C(=O)CCc3ccccc32)CC1. The number of carbonyl (C=O) groups excluding carboxylic acids is 1. The minimum atomic E-state index is 0.312. The molecule has 2 aliphatic heterocycles. The topological polar surface area (TPSA) is 23.6 Å². The summed E-state index contributed by atoms with van der Waals surface area (Å²) in [6.07, 6.45) is 3.76. The van der Waals surface area contributed by atoms with Crippen molar-refractivity contribution in [3.63, 3.8) is 0 Å². The summed E-state index contributed by atoms with van der Waals surface area (Å²) in [4.78, 5) is 17.0. The molecule has 1 aromatic carbocycles. The van der Waals surface area contributed by atoms with Crippen LogP contribution in [0.25, 0.3) is 0 Å². The number of hydrogen-bond donors (Lipinski definition) is 0. The number of piperidine rings is 1. The Balaban J connectivity index is 1.79. The monoisotopic (exact) mass is 272 g/mol. The normalized spacial score (nSPS) is 21.4. The second-order valence-electron chi connectivity index (χ2n) is 6.25. The molecule has 3 heteroatoms. The molecular weight excluding hydrogens is 248 g/mol. The molecule has 1 fully saturated rings. The van der Waals surface area contributed by atoms with Crippen molar-refractivity contribution in [2.75, 3.05) is 18.0 Å². The van der Waals surface area contributed by atoms with Gasteiger partial charge in [0.1, 0.15) is 0 Å². The van der Waals surface area contributed by atoms with E-state index in [9.17, 15) is 4.79 Å². The van der Waals surface area contributed by atoms with Crippen molar-refractivity contribution in [1.29, 1.82) is 0 Å². The van der Waals surface area contributed by atoms with Gasteiger partial charge in [0, 0.05) is 37.3 Å². The highest BCUT2D eigenvalue weighted by Gasteiger charge is 2.32. The number of nitrogens with zero attached hydrogens (tertiary/aromatic N) is 2. The molecule has 3 rings (SSSR count). The van der Waals surface area contributed by atoms with Gasteiger partial charge in [0.2, 0.25) is 5.91 Å². The number of hydrogen-bond acceptors (Lipinski definition) is 2. The number of amides is 1. The first-order valence-corrected chi connectivity index (χ1v) is 7.81. The number of para-hydroxylation sites is 1. The molecule has 1 aromatic rings. The van der Waals surface area contributed by atoms with Crippen LogP contribution in [0.15, 0.2) is 24.3 Å². The van der Waals surface area contributed by atoms with Crippen LogP contribution >= 0.6 is 0 Å². The third-order valence-electron chi connectivity index (χ3n) is 4.72. The molecule has 0 saturated carbocycles. The van der Waals surface area contributed by atoms with E-state index in [0.717, 1.165) is 38.0 Å². The number of rotatable bonds is 2. The number of carbonyl (C=O) groups is 1. The van der Waals surface area contributed by atoms with Gasteiger partial charge in [0.05, 0.1) is 0 Å². The van der Waals surface area contributed by atoms with Crippen molar-refractivity contribution in [2.45, 2.75) is 51.6 Å². The molecule has 1 amide bonds. The zero-order valence-electron chi connectivity index (χ0n) is 12.5. The molecule has 2 heterocycles. The molecule has 0 aliphatic carbocycles. The Labute approximate surface area is 121 Å². The lowest BCUT2D eigenvalue weighted by atomic mass is 9.95. The Kier molecular flexibility index (Phi) is 3.79. The number of benzene rings is 1. The van der Waals surface area contributed by atoms with Gasteiger partial charge in [-0.3, -0.25) is 4.79 Å². The van der Waals surface area contributed by atoms with Crippen LogP contribution in [-0.4, -0.2) is 36.0 Å². The van der Waals surface area contributed by atoms with E-state index in [-0.39, 0.29) is 0 Å². The molecule has 3 nitrogen and oxygen atoms in total. The van der Waals surface area contributed by atoms with Gasteiger partial charge in [-0.05, 0) is 44.7 Å². The first-order chi connectivity index (χ1) is 9.66. The summed E-state index contributed by atoms with van der Waals surface area (Å²) >= 11 is 0. The Hall–Kier alpha value is -1.35. The lowest BCUT2D eigenvalue weighted by Crippen LogP contribution is -2.50. The standard InChI is InChI=1S/C17H24N2O/c1-13(2)18-11-9-15(10-12-18)19-16-6-4-3-5-14(16)7-8-17(19)20/h3-6,13,15H,7-12H2,1-2H3. The summed E-state index contributed by atoms with van der Waals surface area (Å²) in [6.45, 7) is 6.71. The van der Waals surface area contributed by atoms with Crippen LogP contribution in [0.2, 0.25) is 0 Å². The van der Waals surface area contributed by atoms with Crippen LogP contribution in [0.1, 0.15) is 38.7 Å². The summed E-state index contributed by atoms with van der Waals surface area (Å²) in [6, 6.07) is 9.40. The lowest BCUT2D eigenvalue weighted by Gasteiger charge is -2.42. The second-order valence-corrected chi connectivity index (χ2v) is 6.25. The van der Waals surface area contributed by atoms with Crippen molar-refractivity contribution in [1.82, 2.24) is 4.90 Å². The maximum atomic E-state index is 12.4. The highest BCUT2D eigenvalue weighted by molar-refractivity contribution is 5.97. The van der Waals surface area contributed by atoms with E-state index >= 15 is 0 Å². The van der Waals surface area contributed by atoms with Gasteiger partial charge in [-0.1, -0.05) is 18.2 Å². The van der Waals surface area contributed by atoms with Gasteiger partial charge >= 0.3 is 0 Å². The molecular formula is C17H24N2O. The highest BCUT2D eigenvalue weighted by atomic mass is 16.2. The third-order valence-corrected chi connectivity index (χ3v) is 4.72. The van der Waals surface area contributed by atoms with E-state index in [1.807, 2.05) is 6.07 Å². The first kappa shape index (κ1) is 13.6. The molecule has 0 atom stereocenters. The van der Waals surface area contributed by atoms with Gasteiger partial charge in [0.25, 0.3) is 0 Å². The summed E-state index contributed by atoms with van der Waals surface area (Å²) in [5.41, 5.74) is 2.49. The van der Waals surface area contributed by atoms with Crippen LogP contribution in [0.3, 0.4) is 0 Å². The fraction of sp³-hybridized carbons (Fsp3) is 0.588. The molecule has 0 aromatic heterocycles. The molecule has 108 valence electrons. The van der Waals surface area contributed by atoms with Crippen molar-refractivity contribution in [3.8, 4) is 0 Å². The van der Waals surface area contributed by atoms with Gasteiger partial charge in [0.15, 0.2) is 0 Å². The van der Waals surface area contributed by atoms with E-state index in [2.05, 4.69) is 41.8 Å². The average Bonchev–Trinajstić information content (AvgIpc) is 2.47. The minimum absolute atomic E-state index is 0.312. The third kappa shape index (κ3) is 2.47. The summed E-state index contributed by atoms with van der Waals surface area (Å²) in [7, 11) is 0. The quantitative estimate of drug-likeness (QED) is 0.826. The van der Waals surface area contributed by atoms with Gasteiger partial charge in [-0.25, -0.2) is 0 Å². The molecule has 1 saturated heterocycles. The van der Waals surface area contributed by atoms with E-state index < -0.39 is 0 Å². The van der Waals surface area contributed by atoms with E-state index in [1.54, 1.807) is 0 Å². The number of fused-ring (bicyclic) bond motifs is 1. The van der Waals surface area contributed by atoms with Crippen LogP contribution < -0.4 is 4.90 Å². The average molecular weight is 272 g/mol. The van der Waals surface area contributed by atoms with Crippen molar-refractivity contribution < 1.29 is 4.79 Å². The molecule has 0 bridgehead atoms. The lowest BCUT2D eigenvalue weighted by molar-refractivity contribution is -0.119. The van der Waals surface area contributed by atoms with Crippen LogP contribution in [0.5, 0.6) is 0 Å². The molecule has 0 N–H and O–H groups in total. The minimum Gasteiger partial charge on any atom is -0.309 e. The predicted octanol–water partition coefficient (Wildman–Crippen LogP) is 2.84. The van der Waals surface area contributed by atoms with E-state index in [1.165, 1.54) is 5.56 Å². The maximum absolute atomic E-state index is 12.4. The Morgan fingerprint density at radius 2 is 1.80 bits per heavy atom. The predicted molar refractivity (Wildman–Crippen MR) is 82.0 cm³/mol.